The molecule has 0 amide bonds. The zero-order valence-corrected chi connectivity index (χ0v) is 17.2. The molecule has 142 valence electrons. The maximum Gasteiger partial charge on any atom is -0.00258 e. The number of unbranched alkanes of at least 4 members (excludes halogenated alkanes) is 1. The summed E-state index contributed by atoms with van der Waals surface area (Å²) in [7, 11) is 0. The van der Waals surface area contributed by atoms with Gasteiger partial charge in [-0.15, -0.1) is 0 Å². The zero-order chi connectivity index (χ0) is 19.7. The van der Waals surface area contributed by atoms with Crippen LogP contribution in [0.3, 0.4) is 0 Å². The Morgan fingerprint density at radius 3 is 2.19 bits per heavy atom. The van der Waals surface area contributed by atoms with Gasteiger partial charge in [-0.2, -0.15) is 0 Å². The van der Waals surface area contributed by atoms with Crippen LogP contribution in [0.25, 0.3) is 0 Å². The molecule has 0 N–H and O–H groups in total. The quantitative estimate of drug-likeness (QED) is 0.255. The van der Waals surface area contributed by atoms with Crippen molar-refractivity contribution in [2.75, 3.05) is 0 Å². The molecule has 27 heavy (non-hydrogen) atoms. The highest BCUT2D eigenvalue weighted by molar-refractivity contribution is 5.28. The highest BCUT2D eigenvalue weighted by atomic mass is 14.0. The molecule has 0 spiro atoms. The minimum absolute atomic E-state index is 1.03. The van der Waals surface area contributed by atoms with Gasteiger partial charge in [-0.25, -0.2) is 0 Å². The number of aryl methyl sites for hydroxylation is 1. The summed E-state index contributed by atoms with van der Waals surface area (Å²) >= 11 is 0. The molecule has 0 radical (unpaired) electrons. The van der Waals surface area contributed by atoms with Crippen LogP contribution in [0.4, 0.5) is 0 Å². The van der Waals surface area contributed by atoms with Crippen molar-refractivity contribution < 1.29 is 0 Å². The first kappa shape index (κ1) is 22.4. The molecule has 0 fully saturated rings. The van der Waals surface area contributed by atoms with Gasteiger partial charge in [0.15, 0.2) is 0 Å². The van der Waals surface area contributed by atoms with E-state index in [9.17, 15) is 0 Å². The van der Waals surface area contributed by atoms with Crippen LogP contribution in [0.2, 0.25) is 0 Å². The zero-order valence-electron chi connectivity index (χ0n) is 17.2. The maximum absolute atomic E-state index is 3.60. The van der Waals surface area contributed by atoms with Crippen LogP contribution in [-0.2, 0) is 6.42 Å². The molecule has 0 aliphatic rings. The smallest absolute Gasteiger partial charge is 0.00258 e. The van der Waals surface area contributed by atoms with Gasteiger partial charge in [0.25, 0.3) is 0 Å². The fourth-order valence-corrected chi connectivity index (χ4v) is 2.50. The molecular formula is C27H34. The van der Waals surface area contributed by atoms with Crippen LogP contribution in [0.1, 0.15) is 49.8 Å². The lowest BCUT2D eigenvalue weighted by molar-refractivity contribution is 0.831. The molecule has 2 aromatic rings. The Hall–Kier alpha value is -2.60. The van der Waals surface area contributed by atoms with Gasteiger partial charge in [0, 0.05) is 0 Å². The standard InChI is InChI=1S/C14H14.C13H20/c1-12-7-9-14(10-8-12)11-13-5-3-2-4-6-13;1-4-6-7-8-9-10-11-12-13(3)5-2/h2-10H,11H2,1H3;4-9H,1,10-12H2,2-3H3/b;7-6-,9-8-,13-5+. The number of rotatable bonds is 8. The number of hydrogen-bond donors (Lipinski definition) is 0. The van der Waals surface area contributed by atoms with Gasteiger partial charge in [-0.3, -0.25) is 0 Å². The van der Waals surface area contributed by atoms with Gasteiger partial charge in [0.1, 0.15) is 0 Å². The molecular weight excluding hydrogens is 324 g/mol. The Labute approximate surface area is 166 Å². The van der Waals surface area contributed by atoms with E-state index in [1.54, 1.807) is 6.08 Å². The first-order valence-electron chi connectivity index (χ1n) is 9.81. The second kappa shape index (κ2) is 14.6. The molecule has 0 heterocycles. The third-order valence-corrected chi connectivity index (χ3v) is 4.30. The van der Waals surface area contributed by atoms with Crippen molar-refractivity contribution in [3.05, 3.63) is 120 Å². The predicted octanol–water partition coefficient (Wildman–Crippen LogP) is 8.01. The van der Waals surface area contributed by atoms with Gasteiger partial charge < -0.3 is 0 Å². The van der Waals surface area contributed by atoms with Gasteiger partial charge in [-0.05, 0) is 57.6 Å². The highest BCUT2D eigenvalue weighted by Gasteiger charge is 1.94. The summed E-state index contributed by atoms with van der Waals surface area (Å²) in [5.74, 6) is 0. The molecule has 0 saturated heterocycles. The van der Waals surface area contributed by atoms with E-state index in [4.69, 9.17) is 0 Å². The summed E-state index contributed by atoms with van der Waals surface area (Å²) in [6.07, 6.45) is 16.8. The van der Waals surface area contributed by atoms with E-state index in [1.165, 1.54) is 35.1 Å². The van der Waals surface area contributed by atoms with Crippen molar-refractivity contribution >= 4 is 0 Å². The van der Waals surface area contributed by atoms with Crippen molar-refractivity contribution in [1.29, 1.82) is 0 Å². The van der Waals surface area contributed by atoms with Crippen LogP contribution in [0.5, 0.6) is 0 Å². The molecule has 0 saturated carbocycles. The van der Waals surface area contributed by atoms with Crippen LogP contribution in [0, 0.1) is 6.92 Å². The number of allylic oxidation sites excluding steroid dienone is 7. The third-order valence-electron chi connectivity index (χ3n) is 4.30. The molecule has 0 heteroatoms. The van der Waals surface area contributed by atoms with Gasteiger partial charge >= 0.3 is 0 Å². The Morgan fingerprint density at radius 2 is 1.56 bits per heavy atom. The van der Waals surface area contributed by atoms with Gasteiger partial charge in [-0.1, -0.05) is 109 Å². The maximum atomic E-state index is 3.60. The Balaban J connectivity index is 0.000000271. The second-order valence-corrected chi connectivity index (χ2v) is 6.72. The van der Waals surface area contributed by atoms with E-state index in [-0.39, 0.29) is 0 Å². The summed E-state index contributed by atoms with van der Waals surface area (Å²) < 4.78 is 0. The molecule has 0 bridgehead atoms. The van der Waals surface area contributed by atoms with Crippen molar-refractivity contribution in [2.24, 2.45) is 0 Å². The van der Waals surface area contributed by atoms with E-state index in [2.05, 4.69) is 100 Å². The molecule has 0 aliphatic carbocycles. The average Bonchev–Trinajstić information content (AvgIpc) is 2.70. The van der Waals surface area contributed by atoms with Crippen molar-refractivity contribution in [2.45, 2.75) is 46.5 Å². The first-order valence-corrected chi connectivity index (χ1v) is 9.81. The average molecular weight is 359 g/mol. The molecule has 0 unspecified atom stereocenters. The Bertz CT molecular complexity index is 712. The van der Waals surface area contributed by atoms with E-state index < -0.39 is 0 Å². The van der Waals surface area contributed by atoms with Crippen LogP contribution >= 0.6 is 0 Å². The van der Waals surface area contributed by atoms with E-state index in [1.807, 2.05) is 12.2 Å². The molecule has 2 aromatic carbocycles. The van der Waals surface area contributed by atoms with E-state index >= 15 is 0 Å². The van der Waals surface area contributed by atoms with Crippen molar-refractivity contribution in [3.8, 4) is 0 Å². The van der Waals surface area contributed by atoms with Gasteiger partial charge in [0.2, 0.25) is 0 Å². The topological polar surface area (TPSA) is 0 Å². The lowest BCUT2D eigenvalue weighted by Crippen LogP contribution is -1.86. The predicted molar refractivity (Wildman–Crippen MR) is 122 cm³/mol. The molecule has 0 aliphatic heterocycles. The largest absolute Gasteiger partial charge is 0.0991 e. The lowest BCUT2D eigenvalue weighted by Gasteiger charge is -2.01. The summed E-state index contributed by atoms with van der Waals surface area (Å²) in [6, 6.07) is 19.3. The summed E-state index contributed by atoms with van der Waals surface area (Å²) in [4.78, 5) is 0. The first-order chi connectivity index (χ1) is 13.2. The third kappa shape index (κ3) is 11.6. The fraction of sp³-hybridized carbons (Fsp3) is 0.259. The molecule has 0 aromatic heterocycles. The molecule has 2 rings (SSSR count). The summed E-state index contributed by atoms with van der Waals surface area (Å²) in [6.45, 7) is 10.00. The van der Waals surface area contributed by atoms with Crippen LogP contribution in [-0.4, -0.2) is 0 Å². The van der Waals surface area contributed by atoms with Crippen LogP contribution in [0.15, 0.2) is 103 Å². The fourth-order valence-electron chi connectivity index (χ4n) is 2.50. The SMILES string of the molecule is C=C/C=C\C=C/CCC/C(C)=C/C.Cc1ccc(Cc2ccccc2)cc1. The number of benzene rings is 2. The molecule has 0 nitrogen and oxygen atoms in total. The number of hydrogen-bond acceptors (Lipinski definition) is 0. The van der Waals surface area contributed by atoms with Crippen molar-refractivity contribution in [3.63, 3.8) is 0 Å². The highest BCUT2D eigenvalue weighted by Crippen LogP contribution is 2.10. The summed E-state index contributed by atoms with van der Waals surface area (Å²) in [5, 5.41) is 0. The van der Waals surface area contributed by atoms with Crippen molar-refractivity contribution in [1.82, 2.24) is 0 Å². The van der Waals surface area contributed by atoms with E-state index in [0.29, 0.717) is 0 Å². The Morgan fingerprint density at radius 1 is 0.889 bits per heavy atom. The summed E-state index contributed by atoms with van der Waals surface area (Å²) in [5.41, 5.74) is 5.55. The van der Waals surface area contributed by atoms with Gasteiger partial charge in [0.05, 0.1) is 0 Å². The monoisotopic (exact) mass is 358 g/mol. The minimum atomic E-state index is 1.03. The van der Waals surface area contributed by atoms with E-state index in [0.717, 1.165) is 12.8 Å². The normalized spacial score (nSPS) is 11.4. The molecule has 0 atom stereocenters. The lowest BCUT2D eigenvalue weighted by atomic mass is 10.0. The second-order valence-electron chi connectivity index (χ2n) is 6.72. The van der Waals surface area contributed by atoms with Crippen LogP contribution < -0.4 is 0 Å². The Kier molecular flexibility index (Phi) is 12.1. The minimum Gasteiger partial charge on any atom is -0.0991 e.